The normalized spacial score (nSPS) is 11.8. The lowest BCUT2D eigenvalue weighted by molar-refractivity contribution is -0.140. The van der Waals surface area contributed by atoms with Gasteiger partial charge in [0.25, 0.3) is 0 Å². The molecule has 0 saturated carbocycles. The molecule has 0 saturated heterocycles. The minimum Gasteiger partial charge on any atom is -0.497 e. The van der Waals surface area contributed by atoms with Gasteiger partial charge in [0, 0.05) is 18.1 Å². The summed E-state index contributed by atoms with van der Waals surface area (Å²) in [4.78, 5) is 27.4. The molecular formula is C23H29ClN2O3. The Kier molecular flexibility index (Phi) is 8.52. The number of amides is 2. The summed E-state index contributed by atoms with van der Waals surface area (Å²) in [5, 5.41) is 3.50. The maximum atomic E-state index is 13.1. The number of hydrogen-bond donors (Lipinski definition) is 1. The number of methoxy groups -OCH3 is 1. The lowest BCUT2D eigenvalue weighted by atomic mass is 10.1. The first kappa shape index (κ1) is 22.8. The summed E-state index contributed by atoms with van der Waals surface area (Å²) in [7, 11) is 1.61. The van der Waals surface area contributed by atoms with Gasteiger partial charge in [0.05, 0.1) is 13.5 Å². The molecule has 29 heavy (non-hydrogen) atoms. The van der Waals surface area contributed by atoms with Crippen molar-refractivity contribution in [3.63, 3.8) is 0 Å². The highest BCUT2D eigenvalue weighted by atomic mass is 35.5. The van der Waals surface area contributed by atoms with Gasteiger partial charge in [-0.25, -0.2) is 0 Å². The first-order valence-corrected chi connectivity index (χ1v) is 10.1. The fraction of sp³-hybridized carbons (Fsp3) is 0.391. The molecule has 5 nitrogen and oxygen atoms in total. The van der Waals surface area contributed by atoms with Crippen LogP contribution < -0.4 is 10.1 Å². The van der Waals surface area contributed by atoms with Crippen LogP contribution in [0.15, 0.2) is 48.5 Å². The van der Waals surface area contributed by atoms with Crippen LogP contribution in [-0.4, -0.2) is 36.4 Å². The molecule has 0 heterocycles. The van der Waals surface area contributed by atoms with Crippen molar-refractivity contribution in [2.24, 2.45) is 5.92 Å². The first-order valence-electron chi connectivity index (χ1n) is 9.74. The van der Waals surface area contributed by atoms with Crippen LogP contribution >= 0.6 is 11.6 Å². The van der Waals surface area contributed by atoms with Crippen molar-refractivity contribution < 1.29 is 14.3 Å². The van der Waals surface area contributed by atoms with Gasteiger partial charge in [0.15, 0.2) is 0 Å². The zero-order chi connectivity index (χ0) is 21.4. The molecule has 1 atom stereocenters. The fourth-order valence-electron chi connectivity index (χ4n) is 2.89. The third-order valence-corrected chi connectivity index (χ3v) is 4.84. The fourth-order valence-corrected chi connectivity index (χ4v) is 3.10. The Balaban J connectivity index is 2.20. The van der Waals surface area contributed by atoms with Crippen molar-refractivity contribution in [3.05, 3.63) is 64.7 Å². The molecule has 0 fully saturated rings. The second-order valence-corrected chi connectivity index (χ2v) is 7.93. The zero-order valence-electron chi connectivity index (χ0n) is 17.4. The van der Waals surface area contributed by atoms with Crippen molar-refractivity contribution in [1.82, 2.24) is 10.2 Å². The van der Waals surface area contributed by atoms with Crippen LogP contribution in [-0.2, 0) is 22.6 Å². The highest BCUT2D eigenvalue weighted by Gasteiger charge is 2.26. The second-order valence-electron chi connectivity index (χ2n) is 7.49. The zero-order valence-corrected chi connectivity index (χ0v) is 18.2. The van der Waals surface area contributed by atoms with Gasteiger partial charge in [0.1, 0.15) is 11.8 Å². The van der Waals surface area contributed by atoms with E-state index in [9.17, 15) is 9.59 Å². The number of carbonyl (C=O) groups is 2. The molecule has 2 rings (SSSR count). The molecule has 2 aromatic rings. The monoisotopic (exact) mass is 416 g/mol. The molecule has 0 spiro atoms. The molecular weight excluding hydrogens is 388 g/mol. The van der Waals surface area contributed by atoms with E-state index in [0.717, 1.165) is 16.9 Å². The number of hydrogen-bond acceptors (Lipinski definition) is 3. The van der Waals surface area contributed by atoms with E-state index in [2.05, 4.69) is 5.32 Å². The van der Waals surface area contributed by atoms with Crippen molar-refractivity contribution >= 4 is 23.4 Å². The number of carbonyl (C=O) groups excluding carboxylic acids is 2. The lowest BCUT2D eigenvalue weighted by Gasteiger charge is -2.29. The summed E-state index contributed by atoms with van der Waals surface area (Å²) in [6.45, 7) is 6.73. The van der Waals surface area contributed by atoms with E-state index in [0.29, 0.717) is 24.0 Å². The van der Waals surface area contributed by atoms with Crippen LogP contribution in [0.1, 0.15) is 31.9 Å². The van der Waals surface area contributed by atoms with Crippen LogP contribution in [0.3, 0.4) is 0 Å². The second kappa shape index (κ2) is 10.9. The Morgan fingerprint density at radius 2 is 1.76 bits per heavy atom. The van der Waals surface area contributed by atoms with Crippen LogP contribution in [0.4, 0.5) is 0 Å². The number of ether oxygens (including phenoxy) is 1. The largest absolute Gasteiger partial charge is 0.497 e. The van der Waals surface area contributed by atoms with Gasteiger partial charge in [0.2, 0.25) is 11.8 Å². The van der Waals surface area contributed by atoms with Gasteiger partial charge in [-0.3, -0.25) is 9.59 Å². The van der Waals surface area contributed by atoms with Crippen LogP contribution in [0.5, 0.6) is 5.75 Å². The SMILES string of the molecule is COc1ccc(CN(C(=O)Cc2cccc(Cl)c2)C(C)C(=O)NCC(C)C)cc1. The Morgan fingerprint density at radius 1 is 1.07 bits per heavy atom. The van der Waals surface area contributed by atoms with E-state index in [1.807, 2.05) is 50.2 Å². The predicted octanol–water partition coefficient (Wildman–Crippen LogP) is 4.08. The van der Waals surface area contributed by atoms with Crippen LogP contribution in [0.25, 0.3) is 0 Å². The number of rotatable bonds is 9. The molecule has 0 aliphatic carbocycles. The maximum Gasteiger partial charge on any atom is 0.242 e. The molecule has 6 heteroatoms. The van der Waals surface area contributed by atoms with E-state index in [1.54, 1.807) is 31.1 Å². The van der Waals surface area contributed by atoms with E-state index >= 15 is 0 Å². The highest BCUT2D eigenvalue weighted by Crippen LogP contribution is 2.17. The summed E-state index contributed by atoms with van der Waals surface area (Å²) < 4.78 is 5.19. The van der Waals surface area contributed by atoms with Gasteiger partial charge in [-0.1, -0.05) is 49.7 Å². The van der Waals surface area contributed by atoms with Crippen molar-refractivity contribution in [2.45, 2.75) is 39.8 Å². The Morgan fingerprint density at radius 3 is 2.34 bits per heavy atom. The molecule has 0 aliphatic heterocycles. The molecule has 2 amide bonds. The average molecular weight is 417 g/mol. The quantitative estimate of drug-likeness (QED) is 0.670. The molecule has 0 radical (unpaired) electrons. The van der Waals surface area contributed by atoms with Gasteiger partial charge in [-0.2, -0.15) is 0 Å². The topological polar surface area (TPSA) is 58.6 Å². The van der Waals surface area contributed by atoms with E-state index in [1.165, 1.54) is 0 Å². The molecule has 1 N–H and O–H groups in total. The highest BCUT2D eigenvalue weighted by molar-refractivity contribution is 6.30. The third-order valence-electron chi connectivity index (χ3n) is 4.61. The standard InChI is InChI=1S/C23H29ClN2O3/c1-16(2)14-25-23(28)17(3)26(15-18-8-10-21(29-4)11-9-18)22(27)13-19-6-5-7-20(24)12-19/h5-12,16-17H,13-15H2,1-4H3,(H,25,28). The van der Waals surface area contributed by atoms with Crippen molar-refractivity contribution in [3.8, 4) is 5.75 Å². The predicted molar refractivity (Wildman–Crippen MR) is 116 cm³/mol. The number of benzene rings is 2. The summed E-state index contributed by atoms with van der Waals surface area (Å²) in [6.07, 6.45) is 0.179. The van der Waals surface area contributed by atoms with E-state index in [-0.39, 0.29) is 18.2 Å². The summed E-state index contributed by atoms with van der Waals surface area (Å²) >= 11 is 6.05. The molecule has 156 valence electrons. The number of nitrogens with one attached hydrogen (secondary N) is 1. The molecule has 1 unspecified atom stereocenters. The minimum atomic E-state index is -0.595. The Hall–Kier alpha value is -2.53. The van der Waals surface area contributed by atoms with Crippen LogP contribution in [0, 0.1) is 5.92 Å². The van der Waals surface area contributed by atoms with Gasteiger partial charge in [-0.05, 0) is 48.2 Å². The lowest BCUT2D eigenvalue weighted by Crippen LogP contribution is -2.48. The first-order chi connectivity index (χ1) is 13.8. The number of halogens is 1. The summed E-state index contributed by atoms with van der Waals surface area (Å²) in [5.74, 6) is 0.790. The summed E-state index contributed by atoms with van der Waals surface area (Å²) in [6, 6.07) is 14.1. The van der Waals surface area contributed by atoms with Gasteiger partial charge >= 0.3 is 0 Å². The minimum absolute atomic E-state index is 0.129. The molecule has 2 aromatic carbocycles. The Labute approximate surface area is 178 Å². The molecule has 0 aliphatic rings. The van der Waals surface area contributed by atoms with E-state index < -0.39 is 6.04 Å². The Bertz CT molecular complexity index is 821. The summed E-state index contributed by atoms with van der Waals surface area (Å²) in [5.41, 5.74) is 1.74. The third kappa shape index (κ3) is 7.09. The van der Waals surface area contributed by atoms with Crippen molar-refractivity contribution in [2.75, 3.05) is 13.7 Å². The van der Waals surface area contributed by atoms with Crippen LogP contribution in [0.2, 0.25) is 5.02 Å². The average Bonchev–Trinajstić information content (AvgIpc) is 2.70. The molecule has 0 aromatic heterocycles. The van der Waals surface area contributed by atoms with Gasteiger partial charge in [-0.15, -0.1) is 0 Å². The maximum absolute atomic E-state index is 13.1. The van der Waals surface area contributed by atoms with E-state index in [4.69, 9.17) is 16.3 Å². The smallest absolute Gasteiger partial charge is 0.242 e. The van der Waals surface area contributed by atoms with Crippen molar-refractivity contribution in [1.29, 1.82) is 0 Å². The van der Waals surface area contributed by atoms with Gasteiger partial charge < -0.3 is 15.0 Å². The number of nitrogens with zero attached hydrogens (tertiary/aromatic N) is 1. The molecule has 0 bridgehead atoms.